The van der Waals surface area contributed by atoms with Gasteiger partial charge >= 0.3 is 0 Å². The Hall–Kier alpha value is 0.320. The number of halogens is 2. The molecule has 0 aromatic heterocycles. The van der Waals surface area contributed by atoms with Crippen molar-refractivity contribution < 1.29 is 0 Å². The Kier molecular flexibility index (Phi) is 9.62. The Labute approximate surface area is 73.2 Å². The van der Waals surface area contributed by atoms with Gasteiger partial charge in [0.25, 0.3) is 0 Å². The smallest absolute Gasteiger partial charge is 0.0156 e. The first-order chi connectivity index (χ1) is 4.91. The van der Waals surface area contributed by atoms with Crippen LogP contribution in [-0.2, 0) is 0 Å². The Morgan fingerprint density at radius 2 is 0.800 bits per heavy atom. The van der Waals surface area contributed by atoms with Gasteiger partial charge in [-0.15, -0.1) is 0 Å². The van der Waals surface area contributed by atoms with Crippen molar-refractivity contribution in [3.05, 3.63) is 11.1 Å². The lowest BCUT2D eigenvalue weighted by molar-refractivity contribution is 0.504. The van der Waals surface area contributed by atoms with E-state index >= 15 is 0 Å². The van der Waals surface area contributed by atoms with E-state index in [1.165, 1.54) is 49.6 Å². The van der Waals surface area contributed by atoms with Gasteiger partial charge in [-0.05, 0) is 0 Å². The lowest BCUT2D eigenvalue weighted by atomic mass is 10.0. The van der Waals surface area contributed by atoms with Crippen LogP contribution in [0.3, 0.4) is 0 Å². The molecule has 2 heteroatoms. The van der Waals surface area contributed by atoms with E-state index < -0.39 is 0 Å². The summed E-state index contributed by atoms with van der Waals surface area (Å²) in [5.41, 5.74) is 2.48. The monoisotopic (exact) mass is 180 g/mol. The molecule has 0 bridgehead atoms. The highest BCUT2D eigenvalue weighted by Gasteiger charge is 1.95. The standard InChI is InChI=1S/C6H12.C2H2Cl2/c1-2-4-6-5-3-1;3-1-2-4/h1-6H2;1-2H. The minimum atomic E-state index is 1.24. The van der Waals surface area contributed by atoms with Crippen LogP contribution in [0.5, 0.6) is 0 Å². The second kappa shape index (κ2) is 9.32. The number of hydrogen-bond donors (Lipinski definition) is 0. The molecule has 0 amide bonds. The van der Waals surface area contributed by atoms with Crippen molar-refractivity contribution in [2.45, 2.75) is 38.5 Å². The third-order valence-corrected chi connectivity index (χ3v) is 1.93. The summed E-state index contributed by atoms with van der Waals surface area (Å²) < 4.78 is 0. The molecule has 1 fully saturated rings. The minimum absolute atomic E-state index is 1.24. The molecule has 0 aromatic rings. The average Bonchev–Trinajstić information content (AvgIpc) is 2.08. The maximum atomic E-state index is 4.87. The van der Waals surface area contributed by atoms with Gasteiger partial charge in [0, 0.05) is 11.1 Å². The van der Waals surface area contributed by atoms with Crippen LogP contribution in [0, 0.1) is 0 Å². The second-order valence-electron chi connectivity index (χ2n) is 2.37. The summed E-state index contributed by atoms with van der Waals surface area (Å²) in [6.07, 6.45) is 9.00. The van der Waals surface area contributed by atoms with Gasteiger partial charge in [0.1, 0.15) is 0 Å². The summed E-state index contributed by atoms with van der Waals surface area (Å²) in [4.78, 5) is 0. The highest BCUT2D eigenvalue weighted by Crippen LogP contribution is 2.15. The quantitative estimate of drug-likeness (QED) is 0.523. The molecular weight excluding hydrogens is 167 g/mol. The molecule has 0 saturated heterocycles. The largest absolute Gasteiger partial charge is 0.0920 e. The minimum Gasteiger partial charge on any atom is -0.0920 e. The number of rotatable bonds is 0. The molecule has 1 rings (SSSR count). The normalized spacial score (nSPS) is 18.2. The van der Waals surface area contributed by atoms with Crippen molar-refractivity contribution in [1.82, 2.24) is 0 Å². The first-order valence-electron chi connectivity index (χ1n) is 3.77. The van der Waals surface area contributed by atoms with Gasteiger partial charge in [0.2, 0.25) is 0 Å². The summed E-state index contributed by atoms with van der Waals surface area (Å²) >= 11 is 9.75. The Morgan fingerprint density at radius 3 is 0.900 bits per heavy atom. The summed E-state index contributed by atoms with van der Waals surface area (Å²) in [5.74, 6) is 0. The van der Waals surface area contributed by atoms with Crippen molar-refractivity contribution in [2.75, 3.05) is 0 Å². The highest BCUT2D eigenvalue weighted by molar-refractivity contribution is 6.33. The molecule has 1 aliphatic carbocycles. The zero-order chi connectivity index (χ0) is 7.66. The predicted molar refractivity (Wildman–Crippen MR) is 48.5 cm³/mol. The van der Waals surface area contributed by atoms with Crippen LogP contribution in [0.4, 0.5) is 0 Å². The molecule has 0 N–H and O–H groups in total. The van der Waals surface area contributed by atoms with Gasteiger partial charge in [-0.2, -0.15) is 0 Å². The summed E-state index contributed by atoms with van der Waals surface area (Å²) in [6, 6.07) is 0. The zero-order valence-electron chi connectivity index (χ0n) is 6.15. The van der Waals surface area contributed by atoms with Gasteiger partial charge in [0.15, 0.2) is 0 Å². The molecular formula is C8H14Cl2. The molecule has 0 unspecified atom stereocenters. The van der Waals surface area contributed by atoms with Gasteiger partial charge in [-0.1, -0.05) is 61.7 Å². The van der Waals surface area contributed by atoms with Crippen LogP contribution in [0.25, 0.3) is 0 Å². The lowest BCUT2D eigenvalue weighted by Gasteiger charge is -2.05. The van der Waals surface area contributed by atoms with E-state index in [1.807, 2.05) is 0 Å². The molecule has 60 valence electrons. The third-order valence-electron chi connectivity index (χ3n) is 1.55. The molecule has 1 saturated carbocycles. The lowest BCUT2D eigenvalue weighted by Crippen LogP contribution is -1.85. The van der Waals surface area contributed by atoms with E-state index in [0.29, 0.717) is 0 Å². The Bertz CT molecular complexity index is 59.8. The van der Waals surface area contributed by atoms with Crippen LogP contribution in [-0.4, -0.2) is 0 Å². The second-order valence-corrected chi connectivity index (χ2v) is 2.88. The van der Waals surface area contributed by atoms with Crippen molar-refractivity contribution in [3.63, 3.8) is 0 Å². The van der Waals surface area contributed by atoms with E-state index in [0.717, 1.165) is 0 Å². The maximum Gasteiger partial charge on any atom is 0.0156 e. The molecule has 10 heavy (non-hydrogen) atoms. The van der Waals surface area contributed by atoms with Crippen LogP contribution >= 0.6 is 23.2 Å². The predicted octanol–water partition coefficient (Wildman–Crippen LogP) is 4.28. The maximum absolute atomic E-state index is 4.87. The van der Waals surface area contributed by atoms with Crippen LogP contribution in [0.1, 0.15) is 38.5 Å². The van der Waals surface area contributed by atoms with E-state index in [2.05, 4.69) is 0 Å². The van der Waals surface area contributed by atoms with Gasteiger partial charge < -0.3 is 0 Å². The topological polar surface area (TPSA) is 0 Å². The fraction of sp³-hybridized carbons (Fsp3) is 0.750. The average molecular weight is 181 g/mol. The molecule has 0 spiro atoms. The molecule has 0 atom stereocenters. The molecule has 0 aliphatic heterocycles. The zero-order valence-corrected chi connectivity index (χ0v) is 7.67. The van der Waals surface area contributed by atoms with Gasteiger partial charge in [-0.3, -0.25) is 0 Å². The fourth-order valence-corrected chi connectivity index (χ4v) is 1.06. The Balaban J connectivity index is 0.000000180. The van der Waals surface area contributed by atoms with Crippen molar-refractivity contribution in [1.29, 1.82) is 0 Å². The first kappa shape index (κ1) is 10.3. The molecule has 0 nitrogen and oxygen atoms in total. The molecule has 1 aliphatic rings. The van der Waals surface area contributed by atoms with Crippen molar-refractivity contribution >= 4 is 23.2 Å². The first-order valence-corrected chi connectivity index (χ1v) is 4.64. The van der Waals surface area contributed by atoms with E-state index in [4.69, 9.17) is 23.2 Å². The van der Waals surface area contributed by atoms with Crippen molar-refractivity contribution in [2.24, 2.45) is 0 Å². The number of hydrogen-bond acceptors (Lipinski definition) is 0. The summed E-state index contributed by atoms with van der Waals surface area (Å²) in [5, 5.41) is 0. The van der Waals surface area contributed by atoms with Crippen LogP contribution < -0.4 is 0 Å². The van der Waals surface area contributed by atoms with Crippen LogP contribution in [0.15, 0.2) is 11.1 Å². The van der Waals surface area contributed by atoms with E-state index in [1.54, 1.807) is 0 Å². The highest BCUT2D eigenvalue weighted by atomic mass is 35.5. The third kappa shape index (κ3) is 8.32. The molecule has 0 aromatic carbocycles. The van der Waals surface area contributed by atoms with Gasteiger partial charge in [0.05, 0.1) is 0 Å². The van der Waals surface area contributed by atoms with Crippen LogP contribution in [0.2, 0.25) is 0 Å². The van der Waals surface area contributed by atoms with Gasteiger partial charge in [-0.25, -0.2) is 0 Å². The van der Waals surface area contributed by atoms with Crippen molar-refractivity contribution in [3.8, 4) is 0 Å². The molecule has 0 heterocycles. The SMILES string of the molecule is C1CCCCC1.ClC=CCl. The van der Waals surface area contributed by atoms with E-state index in [-0.39, 0.29) is 0 Å². The molecule has 0 radical (unpaired) electrons. The summed E-state index contributed by atoms with van der Waals surface area (Å²) in [7, 11) is 0. The van der Waals surface area contributed by atoms with E-state index in [9.17, 15) is 0 Å². The summed E-state index contributed by atoms with van der Waals surface area (Å²) in [6.45, 7) is 0. The fourth-order valence-electron chi connectivity index (χ4n) is 1.06. The Morgan fingerprint density at radius 1 is 0.600 bits per heavy atom.